The van der Waals surface area contributed by atoms with Crippen LogP contribution in [0, 0.1) is 6.92 Å². The van der Waals surface area contributed by atoms with Crippen LogP contribution in [0.3, 0.4) is 0 Å². The van der Waals surface area contributed by atoms with E-state index in [1.165, 1.54) is 16.9 Å². The van der Waals surface area contributed by atoms with E-state index in [0.29, 0.717) is 17.4 Å². The van der Waals surface area contributed by atoms with Crippen LogP contribution in [0.4, 0.5) is 9.93 Å². The zero-order chi connectivity index (χ0) is 20.2. The van der Waals surface area contributed by atoms with Gasteiger partial charge in [0.15, 0.2) is 0 Å². The molecule has 3 aromatic rings. The predicted octanol–water partition coefficient (Wildman–Crippen LogP) is 4.62. The number of thiazole rings is 1. The van der Waals surface area contributed by atoms with E-state index in [1.807, 2.05) is 55.8 Å². The van der Waals surface area contributed by atoms with Crippen molar-refractivity contribution in [3.8, 4) is 0 Å². The number of nitrogens with one attached hydrogen (secondary N) is 2. The molecule has 0 saturated carbocycles. The van der Waals surface area contributed by atoms with Gasteiger partial charge in [0.05, 0.1) is 24.2 Å². The molecule has 7 nitrogen and oxygen atoms in total. The molecule has 1 unspecified atom stereocenters. The first-order valence-corrected chi connectivity index (χ1v) is 10.2. The van der Waals surface area contributed by atoms with Crippen LogP contribution in [0.1, 0.15) is 35.5 Å². The molecule has 2 aromatic heterocycles. The summed E-state index contributed by atoms with van der Waals surface area (Å²) < 4.78 is 5.22. The number of benzene rings is 1. The first-order chi connectivity index (χ1) is 14.1. The molecule has 2 amide bonds. The second-order valence-electron chi connectivity index (χ2n) is 6.59. The number of hydrazone groups is 1. The second kappa shape index (κ2) is 8.32. The molecule has 0 aliphatic carbocycles. The smallest absolute Gasteiger partial charge is 0.322 e. The third kappa shape index (κ3) is 4.22. The highest BCUT2D eigenvalue weighted by molar-refractivity contribution is 7.13. The summed E-state index contributed by atoms with van der Waals surface area (Å²) in [6, 6.07) is 11.4. The number of anilines is 1. The molecule has 3 heterocycles. The van der Waals surface area contributed by atoms with Crippen LogP contribution in [-0.2, 0) is 0 Å². The summed E-state index contributed by atoms with van der Waals surface area (Å²) in [6.45, 7) is 4.57. The lowest BCUT2D eigenvalue weighted by Crippen LogP contribution is -2.43. The molecule has 4 rings (SSSR count). The molecule has 0 bridgehead atoms. The number of hydrogen-bond donors (Lipinski definition) is 2. The number of carbonyl (C=O) groups is 1. The summed E-state index contributed by atoms with van der Waals surface area (Å²) in [6.07, 6.45) is 5.07. The molecule has 0 spiro atoms. The minimum absolute atomic E-state index is 0.113. The van der Waals surface area contributed by atoms with Crippen molar-refractivity contribution in [1.82, 2.24) is 15.2 Å². The number of urea groups is 1. The Balaban J connectivity index is 1.60. The van der Waals surface area contributed by atoms with E-state index in [-0.39, 0.29) is 12.1 Å². The first-order valence-electron chi connectivity index (χ1n) is 9.28. The predicted molar refractivity (Wildman–Crippen MR) is 115 cm³/mol. The largest absolute Gasteiger partial charge is 0.463 e. The van der Waals surface area contributed by atoms with Gasteiger partial charge in [-0.2, -0.15) is 5.10 Å². The molecular formula is C21H21N5O2S. The summed E-state index contributed by atoms with van der Waals surface area (Å²) in [7, 11) is 0. The lowest BCUT2D eigenvalue weighted by Gasteiger charge is -2.31. The number of hydrogen-bond acceptors (Lipinski definition) is 6. The molecular weight excluding hydrogens is 386 g/mol. The average Bonchev–Trinajstić information content (AvgIpc) is 3.41. The highest BCUT2D eigenvalue weighted by atomic mass is 32.1. The maximum atomic E-state index is 12.4. The standard InChI is InChI=1S/C21H21N5O2S/c1-3-26-12-17(19(24-21(26)27)15-8-6-14(2)7-9-15)18-13-29-20(23-18)25-22-11-16-5-4-10-28-16/h4-13,19H,3H2,1-2H3,(H,23,25)(H,24,27). The van der Waals surface area contributed by atoms with Gasteiger partial charge in [0.25, 0.3) is 0 Å². The van der Waals surface area contributed by atoms with Crippen molar-refractivity contribution in [3.05, 3.63) is 76.8 Å². The van der Waals surface area contributed by atoms with Gasteiger partial charge in [-0.15, -0.1) is 11.3 Å². The number of furan rings is 1. The number of aromatic nitrogens is 1. The second-order valence-corrected chi connectivity index (χ2v) is 7.45. The van der Waals surface area contributed by atoms with Crippen LogP contribution < -0.4 is 10.7 Å². The normalized spacial score (nSPS) is 16.8. The van der Waals surface area contributed by atoms with Crippen molar-refractivity contribution in [2.75, 3.05) is 12.0 Å². The van der Waals surface area contributed by atoms with Crippen LogP contribution in [0.5, 0.6) is 0 Å². The van der Waals surface area contributed by atoms with Crippen LogP contribution >= 0.6 is 11.3 Å². The van der Waals surface area contributed by atoms with Gasteiger partial charge in [0.1, 0.15) is 5.76 Å². The van der Waals surface area contributed by atoms with E-state index < -0.39 is 0 Å². The van der Waals surface area contributed by atoms with Crippen LogP contribution in [0.25, 0.3) is 5.57 Å². The van der Waals surface area contributed by atoms with Crippen LogP contribution in [-0.4, -0.2) is 28.7 Å². The lowest BCUT2D eigenvalue weighted by atomic mass is 9.95. The maximum absolute atomic E-state index is 12.4. The Hall–Kier alpha value is -3.39. The van der Waals surface area contributed by atoms with E-state index in [0.717, 1.165) is 16.8 Å². The molecule has 0 radical (unpaired) electrons. The number of amides is 2. The third-order valence-corrected chi connectivity index (χ3v) is 5.33. The minimum Gasteiger partial charge on any atom is -0.463 e. The van der Waals surface area contributed by atoms with E-state index in [1.54, 1.807) is 23.4 Å². The lowest BCUT2D eigenvalue weighted by molar-refractivity contribution is 0.212. The van der Waals surface area contributed by atoms with Crippen molar-refractivity contribution in [2.24, 2.45) is 5.10 Å². The fourth-order valence-corrected chi connectivity index (χ4v) is 3.70. The summed E-state index contributed by atoms with van der Waals surface area (Å²) in [5, 5.41) is 9.87. The Bertz CT molecular complexity index is 1040. The van der Waals surface area contributed by atoms with E-state index in [2.05, 4.69) is 20.8 Å². The Kier molecular flexibility index (Phi) is 5.44. The molecule has 148 valence electrons. The molecule has 1 atom stereocenters. The monoisotopic (exact) mass is 407 g/mol. The van der Waals surface area contributed by atoms with Crippen molar-refractivity contribution >= 4 is 34.3 Å². The zero-order valence-corrected chi connectivity index (χ0v) is 16.9. The van der Waals surface area contributed by atoms with Gasteiger partial charge in [-0.3, -0.25) is 5.43 Å². The molecule has 2 N–H and O–H groups in total. The molecule has 1 aromatic carbocycles. The van der Waals surface area contributed by atoms with E-state index in [4.69, 9.17) is 4.42 Å². The Labute approximate surface area is 172 Å². The third-order valence-electron chi connectivity index (χ3n) is 4.58. The van der Waals surface area contributed by atoms with Crippen molar-refractivity contribution in [1.29, 1.82) is 0 Å². The van der Waals surface area contributed by atoms with Gasteiger partial charge in [0.2, 0.25) is 5.13 Å². The topological polar surface area (TPSA) is 82.8 Å². The summed E-state index contributed by atoms with van der Waals surface area (Å²) in [5.41, 5.74) is 6.86. The van der Waals surface area contributed by atoms with Gasteiger partial charge in [-0.25, -0.2) is 9.78 Å². The Morgan fingerprint density at radius 2 is 2.17 bits per heavy atom. The Morgan fingerprint density at radius 3 is 2.90 bits per heavy atom. The molecule has 29 heavy (non-hydrogen) atoms. The minimum atomic E-state index is -0.257. The van der Waals surface area contributed by atoms with Gasteiger partial charge >= 0.3 is 6.03 Å². The van der Waals surface area contributed by atoms with Gasteiger partial charge < -0.3 is 14.6 Å². The molecule has 0 fully saturated rings. The highest BCUT2D eigenvalue weighted by Crippen LogP contribution is 2.35. The number of carbonyl (C=O) groups excluding carboxylic acids is 1. The summed E-state index contributed by atoms with van der Waals surface area (Å²) in [5.74, 6) is 0.657. The van der Waals surface area contributed by atoms with Crippen molar-refractivity contribution in [2.45, 2.75) is 19.9 Å². The van der Waals surface area contributed by atoms with Crippen LogP contribution in [0.15, 0.2) is 63.8 Å². The van der Waals surface area contributed by atoms with E-state index >= 15 is 0 Å². The van der Waals surface area contributed by atoms with Crippen molar-refractivity contribution in [3.63, 3.8) is 0 Å². The van der Waals surface area contributed by atoms with E-state index in [9.17, 15) is 4.79 Å². The fourth-order valence-electron chi connectivity index (χ4n) is 3.03. The molecule has 1 aliphatic heterocycles. The highest BCUT2D eigenvalue weighted by Gasteiger charge is 2.29. The molecule has 0 saturated heterocycles. The van der Waals surface area contributed by atoms with Gasteiger partial charge in [0, 0.05) is 23.7 Å². The Morgan fingerprint density at radius 1 is 1.34 bits per heavy atom. The summed E-state index contributed by atoms with van der Waals surface area (Å²) >= 11 is 1.45. The first kappa shape index (κ1) is 18.9. The number of rotatable bonds is 6. The SMILES string of the molecule is CCN1C=C(c2csc(NN=Cc3ccco3)n2)C(c2ccc(C)cc2)NC1=O. The quantitative estimate of drug-likeness (QED) is 0.461. The van der Waals surface area contributed by atoms with Gasteiger partial charge in [-0.1, -0.05) is 29.8 Å². The number of nitrogens with zero attached hydrogens (tertiary/aromatic N) is 3. The van der Waals surface area contributed by atoms with Gasteiger partial charge in [-0.05, 0) is 31.5 Å². The average molecular weight is 407 g/mol. The number of aryl methyl sites for hydroxylation is 1. The maximum Gasteiger partial charge on any atom is 0.322 e. The fraction of sp³-hybridized carbons (Fsp3) is 0.190. The van der Waals surface area contributed by atoms with Crippen molar-refractivity contribution < 1.29 is 9.21 Å². The zero-order valence-electron chi connectivity index (χ0n) is 16.1. The molecule has 8 heteroatoms. The summed E-state index contributed by atoms with van der Waals surface area (Å²) in [4.78, 5) is 18.7. The molecule has 1 aliphatic rings. The van der Waals surface area contributed by atoms with Crippen LogP contribution in [0.2, 0.25) is 0 Å².